The van der Waals surface area contributed by atoms with Gasteiger partial charge in [0.15, 0.2) is 31.3 Å². The molecule has 87 heavy (non-hydrogen) atoms. The van der Waals surface area contributed by atoms with Crippen molar-refractivity contribution in [3.05, 3.63) is 48.6 Å². The van der Waals surface area contributed by atoms with Crippen molar-refractivity contribution in [3.63, 3.8) is 0 Å². The number of esters is 4. The largest absolute Gasteiger partial charge is 0.463 e. The van der Waals surface area contributed by atoms with Gasteiger partial charge in [-0.15, -0.1) is 0 Å². The molecule has 4 unspecified atom stereocenters. The highest BCUT2D eigenvalue weighted by atomic mass is 16.7. The minimum absolute atomic E-state index is 0.0250. The number of hydrogen-bond donors (Lipinski definition) is 3. The summed E-state index contributed by atoms with van der Waals surface area (Å²) >= 11 is 0. The van der Waals surface area contributed by atoms with E-state index in [0.29, 0.717) is 6.61 Å². The zero-order chi connectivity index (χ0) is 62.6. The molecule has 3 N–H and O–H groups in total. The fourth-order valence-corrected chi connectivity index (χ4v) is 9.54. The number of carbonyl (C=O) groups is 4. The van der Waals surface area contributed by atoms with Gasteiger partial charge < -0.3 is 72.2 Å². The van der Waals surface area contributed by atoms with E-state index in [1.165, 1.54) is 75.7 Å². The molecule has 4 saturated heterocycles. The summed E-state index contributed by atoms with van der Waals surface area (Å²) in [6.45, 7) is 7.37. The Labute approximate surface area is 523 Å². The summed E-state index contributed by atoms with van der Waals surface area (Å²) in [7, 11) is 0. The van der Waals surface area contributed by atoms with E-state index in [0.717, 1.165) is 233 Å². The highest BCUT2D eigenvalue weighted by Gasteiger charge is 2.19. The van der Waals surface area contributed by atoms with Gasteiger partial charge >= 0.3 is 23.9 Å². The van der Waals surface area contributed by atoms with E-state index >= 15 is 0 Å². The first-order chi connectivity index (χ1) is 42.7. The summed E-state index contributed by atoms with van der Waals surface area (Å²) < 4.78 is 66.6. The van der Waals surface area contributed by atoms with Crippen LogP contribution in [0.4, 0.5) is 0 Å². The van der Waals surface area contributed by atoms with E-state index in [2.05, 4.69) is 0 Å². The minimum atomic E-state index is -0.954. The molecule has 504 valence electrons. The van der Waals surface area contributed by atoms with Gasteiger partial charge in [0, 0.05) is 77.2 Å². The number of ether oxygens (including phenoxy) is 12. The SMILES string of the molecule is CCOC(=O)/C=C/CCCCCCCOC1CCCCO1.O=C(/C=C/CCCCCCCOC1CCCCO1)OCC(COC(=O)/C=C/CCCCCCCOC1CCCCO1)OC(=O)/C=C/CCCCCCCOC1CCCCO1.OCC(O)CO. The fraction of sp³-hybridized carbons (Fsp3) is 0.824. The van der Waals surface area contributed by atoms with Gasteiger partial charge in [-0.3, -0.25) is 0 Å². The Hall–Kier alpha value is -3.60. The number of carbonyl (C=O) groups excluding carboxylic acids is 4. The number of rotatable bonds is 48. The van der Waals surface area contributed by atoms with E-state index in [9.17, 15) is 19.2 Å². The molecule has 0 amide bonds. The third kappa shape index (κ3) is 51.8. The van der Waals surface area contributed by atoms with Gasteiger partial charge in [-0.05, 0) is 161 Å². The normalized spacial score (nSPS) is 19.4. The first-order valence-corrected chi connectivity index (χ1v) is 33.9. The molecule has 0 saturated carbocycles. The van der Waals surface area contributed by atoms with Gasteiger partial charge in [0.05, 0.1) is 19.8 Å². The Balaban J connectivity index is 0.000000785. The maximum Gasteiger partial charge on any atom is 0.330 e. The molecule has 4 rings (SSSR count). The number of hydrogen-bond acceptors (Lipinski definition) is 19. The molecule has 4 aliphatic heterocycles. The van der Waals surface area contributed by atoms with Crippen LogP contribution in [-0.4, -0.2) is 162 Å². The third-order valence-corrected chi connectivity index (χ3v) is 14.7. The maximum atomic E-state index is 12.7. The van der Waals surface area contributed by atoms with Crippen LogP contribution < -0.4 is 0 Å². The second-order valence-electron chi connectivity index (χ2n) is 22.6. The molecule has 4 aliphatic rings. The zero-order valence-electron chi connectivity index (χ0n) is 53.6. The molecule has 4 atom stereocenters. The molecule has 0 bridgehead atoms. The molecule has 0 aromatic carbocycles. The number of aliphatic hydroxyl groups excluding tert-OH is 3. The van der Waals surface area contributed by atoms with Crippen LogP contribution in [0.15, 0.2) is 48.6 Å². The first-order valence-electron chi connectivity index (χ1n) is 33.9. The molecular weight excluding hydrogens is 1120 g/mol. The molecule has 4 fully saturated rings. The Bertz CT molecular complexity index is 1650. The highest BCUT2D eigenvalue weighted by molar-refractivity contribution is 5.83. The van der Waals surface area contributed by atoms with E-state index in [4.69, 9.17) is 72.2 Å². The molecular formula is C68H118O19. The smallest absolute Gasteiger partial charge is 0.330 e. The minimum Gasteiger partial charge on any atom is -0.463 e. The van der Waals surface area contributed by atoms with Crippen LogP contribution in [0.5, 0.6) is 0 Å². The lowest BCUT2D eigenvalue weighted by atomic mass is 10.1. The molecule has 0 aromatic rings. The van der Waals surface area contributed by atoms with Crippen molar-refractivity contribution >= 4 is 23.9 Å². The van der Waals surface area contributed by atoms with E-state index in [1.54, 1.807) is 6.08 Å². The Kier molecular flexibility index (Phi) is 54.8. The lowest BCUT2D eigenvalue weighted by Crippen LogP contribution is -2.30. The second-order valence-corrected chi connectivity index (χ2v) is 22.6. The van der Waals surface area contributed by atoms with Crippen molar-refractivity contribution in [1.29, 1.82) is 0 Å². The van der Waals surface area contributed by atoms with Crippen molar-refractivity contribution in [2.75, 3.05) is 85.9 Å². The van der Waals surface area contributed by atoms with Gasteiger partial charge in [-0.1, -0.05) is 101 Å². The van der Waals surface area contributed by atoms with Crippen molar-refractivity contribution in [2.24, 2.45) is 0 Å². The summed E-state index contributed by atoms with van der Waals surface area (Å²) in [6, 6.07) is 0. The quantitative estimate of drug-likeness (QED) is 0.0222. The van der Waals surface area contributed by atoms with E-state index in [1.807, 2.05) is 25.2 Å². The summed E-state index contributed by atoms with van der Waals surface area (Å²) in [4.78, 5) is 48.7. The van der Waals surface area contributed by atoms with Crippen molar-refractivity contribution < 1.29 is 91.3 Å². The molecule has 4 heterocycles. The van der Waals surface area contributed by atoms with Crippen molar-refractivity contribution in [2.45, 2.75) is 275 Å². The predicted octanol–water partition coefficient (Wildman–Crippen LogP) is 12.6. The summed E-state index contributed by atoms with van der Waals surface area (Å²) in [5.74, 6) is -1.86. The Morgan fingerprint density at radius 2 is 0.667 bits per heavy atom. The van der Waals surface area contributed by atoms with Crippen molar-refractivity contribution in [3.8, 4) is 0 Å². The van der Waals surface area contributed by atoms with Crippen LogP contribution in [0, 0.1) is 0 Å². The second kappa shape index (κ2) is 60.0. The van der Waals surface area contributed by atoms with Gasteiger partial charge in [-0.25, -0.2) is 19.2 Å². The summed E-state index contributed by atoms with van der Waals surface area (Å²) in [5.41, 5.74) is 0. The lowest BCUT2D eigenvalue weighted by molar-refractivity contribution is -0.163. The molecule has 19 heteroatoms. The van der Waals surface area contributed by atoms with Gasteiger partial charge in [-0.2, -0.15) is 0 Å². The standard InChI is InChI=1S/C48H80O12.C17H30O4.C3H8O3/c49-43(28-16-10-4-1-7-13-22-34-52-46-31-19-25-37-55-46)58-40-42(60-45(51)30-18-12-6-3-9-15-24-36-54-48-33-21-27-39-57-48)41-59-44(50)29-17-11-5-2-8-14-23-35-53-47-32-20-26-38-56-47;1-2-19-16(18)12-8-6-4-3-5-7-10-14-20-17-13-9-11-15-21-17;4-1-3(6)2-5/h16-18,28-30,42,46-48H,1-15,19-27,31-41H2;8,12,17H,2-7,9-11,13-15H2,1H3;3-6H,1-2H2/b28-16+,29-17+,30-18+;12-8+;. The van der Waals surface area contributed by atoms with E-state index < -0.39 is 30.1 Å². The molecule has 0 aromatic heterocycles. The molecule has 0 aliphatic carbocycles. The predicted molar refractivity (Wildman–Crippen MR) is 334 cm³/mol. The van der Waals surface area contributed by atoms with Crippen LogP contribution >= 0.6 is 0 Å². The Morgan fingerprint density at radius 3 is 0.931 bits per heavy atom. The van der Waals surface area contributed by atoms with E-state index in [-0.39, 0.29) is 57.6 Å². The van der Waals surface area contributed by atoms with Crippen molar-refractivity contribution in [1.82, 2.24) is 0 Å². The first kappa shape index (κ1) is 79.5. The molecule has 19 nitrogen and oxygen atoms in total. The molecule has 0 radical (unpaired) electrons. The van der Waals surface area contributed by atoms with Gasteiger partial charge in [0.25, 0.3) is 0 Å². The fourth-order valence-electron chi connectivity index (χ4n) is 9.54. The number of allylic oxidation sites excluding steroid dienone is 4. The van der Waals surface area contributed by atoms with Gasteiger partial charge in [0.1, 0.15) is 19.3 Å². The number of aliphatic hydroxyl groups is 3. The average molecular weight is 1240 g/mol. The summed E-state index contributed by atoms with van der Waals surface area (Å²) in [6.07, 6.45) is 49.4. The average Bonchev–Trinajstić information content (AvgIpc) is 3.56. The molecule has 0 spiro atoms. The van der Waals surface area contributed by atoms with Crippen LogP contribution in [-0.2, 0) is 76.0 Å². The van der Waals surface area contributed by atoms with Gasteiger partial charge in [0.2, 0.25) is 0 Å². The van der Waals surface area contributed by atoms with Crippen LogP contribution in [0.1, 0.15) is 238 Å². The van der Waals surface area contributed by atoms with Crippen LogP contribution in [0.3, 0.4) is 0 Å². The lowest BCUT2D eigenvalue weighted by Gasteiger charge is -2.22. The third-order valence-electron chi connectivity index (χ3n) is 14.7. The summed E-state index contributed by atoms with van der Waals surface area (Å²) in [5, 5.41) is 24.0. The maximum absolute atomic E-state index is 12.7. The number of unbranched alkanes of at least 4 members (excludes halogenated alkanes) is 20. The Morgan fingerprint density at radius 1 is 0.391 bits per heavy atom. The van der Waals surface area contributed by atoms with Crippen LogP contribution in [0.2, 0.25) is 0 Å². The monoisotopic (exact) mass is 1240 g/mol. The van der Waals surface area contributed by atoms with Crippen LogP contribution in [0.25, 0.3) is 0 Å². The topological polar surface area (TPSA) is 240 Å². The zero-order valence-corrected chi connectivity index (χ0v) is 53.6. The highest BCUT2D eigenvalue weighted by Crippen LogP contribution is 2.19.